The Balaban J connectivity index is 1.55. The van der Waals surface area contributed by atoms with Gasteiger partial charge >= 0.3 is 0 Å². The summed E-state index contributed by atoms with van der Waals surface area (Å²) in [5.41, 5.74) is 0. The lowest BCUT2D eigenvalue weighted by Gasteiger charge is -2.23. The molecule has 1 amide bonds. The van der Waals surface area contributed by atoms with Crippen molar-refractivity contribution < 1.29 is 4.79 Å². The second-order valence-corrected chi connectivity index (χ2v) is 6.78. The first-order valence-electron chi connectivity index (χ1n) is 8.39. The molecule has 1 saturated carbocycles. The van der Waals surface area contributed by atoms with E-state index in [4.69, 9.17) is 0 Å². The van der Waals surface area contributed by atoms with Gasteiger partial charge in [0, 0.05) is 18.6 Å². The molecule has 20 heavy (non-hydrogen) atoms. The van der Waals surface area contributed by atoms with Gasteiger partial charge in [-0.3, -0.25) is 4.79 Å². The molecule has 0 spiro atoms. The van der Waals surface area contributed by atoms with E-state index in [9.17, 15) is 4.79 Å². The number of rotatable bonds is 6. The van der Waals surface area contributed by atoms with Crippen LogP contribution in [0.4, 0.5) is 0 Å². The fourth-order valence-corrected chi connectivity index (χ4v) is 3.41. The van der Waals surface area contributed by atoms with Crippen LogP contribution in [0.15, 0.2) is 0 Å². The molecule has 1 aliphatic heterocycles. The normalized spacial score (nSPS) is 25.2. The van der Waals surface area contributed by atoms with Crippen molar-refractivity contribution in [2.45, 2.75) is 64.5 Å². The summed E-state index contributed by atoms with van der Waals surface area (Å²) >= 11 is 0. The number of carbonyl (C=O) groups excluding carboxylic acids is 1. The Hall–Kier alpha value is -0.610. The molecule has 1 atom stereocenters. The fraction of sp³-hybridized carbons (Fsp3) is 0.938. The summed E-state index contributed by atoms with van der Waals surface area (Å²) in [4.78, 5) is 14.4. The fourth-order valence-electron chi connectivity index (χ4n) is 3.41. The Bertz CT molecular complexity index is 300. The van der Waals surface area contributed by atoms with Crippen LogP contribution in [0.5, 0.6) is 0 Å². The molecule has 1 aliphatic carbocycles. The van der Waals surface area contributed by atoms with Crippen molar-refractivity contribution >= 4 is 5.91 Å². The molecular weight excluding hydrogens is 250 g/mol. The molecular formula is C16H31N3O. The van der Waals surface area contributed by atoms with E-state index in [-0.39, 0.29) is 5.91 Å². The molecule has 2 rings (SSSR count). The van der Waals surface area contributed by atoms with Gasteiger partial charge in [0.2, 0.25) is 5.91 Å². The molecule has 0 radical (unpaired) electrons. The minimum atomic E-state index is 0.176. The Morgan fingerprint density at radius 1 is 1.20 bits per heavy atom. The molecule has 1 heterocycles. The Morgan fingerprint density at radius 2 is 1.95 bits per heavy atom. The molecule has 4 heteroatoms. The summed E-state index contributed by atoms with van der Waals surface area (Å²) in [6.45, 7) is 8.35. The second kappa shape index (κ2) is 7.99. The highest BCUT2D eigenvalue weighted by Gasteiger charge is 2.24. The lowest BCUT2D eigenvalue weighted by atomic mass is 9.95. The van der Waals surface area contributed by atoms with Crippen LogP contribution >= 0.6 is 0 Å². The summed E-state index contributed by atoms with van der Waals surface area (Å²) in [7, 11) is 0. The highest BCUT2D eigenvalue weighted by Crippen LogP contribution is 2.18. The van der Waals surface area contributed by atoms with Gasteiger partial charge in [-0.05, 0) is 52.1 Å². The maximum Gasteiger partial charge on any atom is 0.234 e. The van der Waals surface area contributed by atoms with Gasteiger partial charge in [-0.25, -0.2) is 0 Å². The molecule has 0 aromatic carbocycles. The van der Waals surface area contributed by atoms with Gasteiger partial charge in [0.05, 0.1) is 6.54 Å². The van der Waals surface area contributed by atoms with Crippen LogP contribution < -0.4 is 10.6 Å². The van der Waals surface area contributed by atoms with E-state index in [0.29, 0.717) is 24.5 Å². The molecule has 2 N–H and O–H groups in total. The third kappa shape index (κ3) is 5.06. The highest BCUT2D eigenvalue weighted by molar-refractivity contribution is 5.78. The van der Waals surface area contributed by atoms with E-state index in [1.165, 1.54) is 38.8 Å². The maximum atomic E-state index is 11.9. The smallest absolute Gasteiger partial charge is 0.234 e. The zero-order valence-electron chi connectivity index (χ0n) is 13.2. The van der Waals surface area contributed by atoms with Gasteiger partial charge < -0.3 is 15.5 Å². The first kappa shape index (κ1) is 15.8. The Morgan fingerprint density at radius 3 is 2.60 bits per heavy atom. The molecule has 1 saturated heterocycles. The number of carbonyl (C=O) groups is 1. The predicted molar refractivity (Wildman–Crippen MR) is 82.7 cm³/mol. The number of amides is 1. The van der Waals surface area contributed by atoms with Crippen LogP contribution in [0, 0.1) is 5.92 Å². The van der Waals surface area contributed by atoms with E-state index in [2.05, 4.69) is 29.4 Å². The number of likely N-dealkylation sites (tertiary alicyclic amines) is 1. The SMILES string of the molecule is CC(C)N1CCC(CNCC(=O)NC2CCCCC2)C1. The second-order valence-electron chi connectivity index (χ2n) is 6.78. The van der Waals surface area contributed by atoms with Gasteiger partial charge in [-0.15, -0.1) is 0 Å². The van der Waals surface area contributed by atoms with E-state index in [0.717, 1.165) is 19.4 Å². The van der Waals surface area contributed by atoms with Gasteiger partial charge in [0.15, 0.2) is 0 Å². The van der Waals surface area contributed by atoms with E-state index >= 15 is 0 Å². The average molecular weight is 281 g/mol. The van der Waals surface area contributed by atoms with Crippen LogP contribution in [0.1, 0.15) is 52.4 Å². The first-order chi connectivity index (χ1) is 9.65. The predicted octanol–water partition coefficient (Wildman–Crippen LogP) is 1.76. The van der Waals surface area contributed by atoms with Crippen molar-refractivity contribution in [3.05, 3.63) is 0 Å². The molecule has 0 bridgehead atoms. The third-order valence-electron chi connectivity index (χ3n) is 4.74. The summed E-state index contributed by atoms with van der Waals surface area (Å²) in [5.74, 6) is 0.885. The average Bonchev–Trinajstić information content (AvgIpc) is 2.89. The van der Waals surface area contributed by atoms with Crippen molar-refractivity contribution in [1.82, 2.24) is 15.5 Å². The van der Waals surface area contributed by atoms with Crippen molar-refractivity contribution in [1.29, 1.82) is 0 Å². The summed E-state index contributed by atoms with van der Waals surface area (Å²) < 4.78 is 0. The van der Waals surface area contributed by atoms with Gasteiger partial charge in [-0.1, -0.05) is 19.3 Å². The number of nitrogens with one attached hydrogen (secondary N) is 2. The van der Waals surface area contributed by atoms with Crippen molar-refractivity contribution in [2.24, 2.45) is 5.92 Å². The minimum absolute atomic E-state index is 0.176. The standard InChI is InChI=1S/C16H31N3O/c1-13(2)19-9-8-14(12-19)10-17-11-16(20)18-15-6-4-3-5-7-15/h13-15,17H,3-12H2,1-2H3,(H,18,20). The Kier molecular flexibility index (Phi) is 6.30. The largest absolute Gasteiger partial charge is 0.352 e. The number of nitrogens with zero attached hydrogens (tertiary/aromatic N) is 1. The molecule has 4 nitrogen and oxygen atoms in total. The quantitative estimate of drug-likeness (QED) is 0.780. The topological polar surface area (TPSA) is 44.4 Å². The molecule has 116 valence electrons. The van der Waals surface area contributed by atoms with Crippen molar-refractivity contribution in [2.75, 3.05) is 26.2 Å². The molecule has 2 fully saturated rings. The highest BCUT2D eigenvalue weighted by atomic mass is 16.1. The number of hydrogen-bond donors (Lipinski definition) is 2. The lowest BCUT2D eigenvalue weighted by Crippen LogP contribution is -2.42. The van der Waals surface area contributed by atoms with Crippen LogP contribution in [-0.4, -0.2) is 49.1 Å². The van der Waals surface area contributed by atoms with Gasteiger partial charge in [0.25, 0.3) is 0 Å². The molecule has 0 aromatic heterocycles. The zero-order chi connectivity index (χ0) is 14.4. The van der Waals surface area contributed by atoms with Crippen LogP contribution in [-0.2, 0) is 4.79 Å². The van der Waals surface area contributed by atoms with Crippen molar-refractivity contribution in [3.63, 3.8) is 0 Å². The monoisotopic (exact) mass is 281 g/mol. The summed E-state index contributed by atoms with van der Waals surface area (Å²) in [5, 5.41) is 6.50. The minimum Gasteiger partial charge on any atom is -0.352 e. The number of hydrogen-bond acceptors (Lipinski definition) is 3. The summed E-state index contributed by atoms with van der Waals surface area (Å²) in [6.07, 6.45) is 7.46. The van der Waals surface area contributed by atoms with Gasteiger partial charge in [0.1, 0.15) is 0 Å². The first-order valence-corrected chi connectivity index (χ1v) is 8.39. The molecule has 2 aliphatic rings. The van der Waals surface area contributed by atoms with Gasteiger partial charge in [-0.2, -0.15) is 0 Å². The molecule has 1 unspecified atom stereocenters. The van der Waals surface area contributed by atoms with Crippen LogP contribution in [0.2, 0.25) is 0 Å². The zero-order valence-corrected chi connectivity index (χ0v) is 13.2. The summed E-state index contributed by atoms with van der Waals surface area (Å²) in [6, 6.07) is 1.08. The maximum absolute atomic E-state index is 11.9. The molecule has 0 aromatic rings. The van der Waals surface area contributed by atoms with E-state index in [1.54, 1.807) is 0 Å². The Labute approximate surface area is 123 Å². The van der Waals surface area contributed by atoms with E-state index in [1.807, 2.05) is 0 Å². The third-order valence-corrected chi connectivity index (χ3v) is 4.74. The van der Waals surface area contributed by atoms with E-state index < -0.39 is 0 Å². The van der Waals surface area contributed by atoms with Crippen molar-refractivity contribution in [3.8, 4) is 0 Å². The lowest BCUT2D eigenvalue weighted by molar-refractivity contribution is -0.121. The van der Waals surface area contributed by atoms with Crippen LogP contribution in [0.3, 0.4) is 0 Å². The van der Waals surface area contributed by atoms with Crippen LogP contribution in [0.25, 0.3) is 0 Å².